The first-order valence-electron chi connectivity index (χ1n) is 7.91. The van der Waals surface area contributed by atoms with Crippen LogP contribution < -0.4 is 5.32 Å². The van der Waals surface area contributed by atoms with Gasteiger partial charge in [-0.2, -0.15) is 0 Å². The average Bonchev–Trinajstić information content (AvgIpc) is 2.60. The molecule has 0 saturated heterocycles. The van der Waals surface area contributed by atoms with Gasteiger partial charge in [0.2, 0.25) is 0 Å². The van der Waals surface area contributed by atoms with Crippen LogP contribution in [0.2, 0.25) is 5.02 Å². The molecule has 0 aliphatic carbocycles. The fraction of sp³-hybridized carbons (Fsp3) is 0.263. The Hall–Kier alpha value is -2.33. The molecule has 1 aromatic carbocycles. The van der Waals surface area contributed by atoms with E-state index in [1.807, 2.05) is 32.1 Å². The number of aliphatic hydroxyl groups excluding tert-OH is 1. The molecule has 0 fully saturated rings. The fourth-order valence-corrected chi connectivity index (χ4v) is 2.35. The molecular weight excluding hydrogens is 322 g/mol. The predicted molar refractivity (Wildman–Crippen MR) is 99.9 cm³/mol. The first-order chi connectivity index (χ1) is 11.5. The van der Waals surface area contributed by atoms with E-state index in [2.05, 4.69) is 22.2 Å². The van der Waals surface area contributed by atoms with Crippen molar-refractivity contribution in [2.24, 2.45) is 0 Å². The lowest BCUT2D eigenvalue weighted by molar-refractivity contribution is 0.413. The minimum absolute atomic E-state index is 0.196. The van der Waals surface area contributed by atoms with Crippen LogP contribution in [0.4, 0.5) is 0 Å². The quantitative estimate of drug-likeness (QED) is 0.567. The maximum absolute atomic E-state index is 10.2. The maximum Gasteiger partial charge on any atom is 0.138 e. The molecule has 1 heterocycles. The number of rotatable bonds is 6. The van der Waals surface area contributed by atoms with Gasteiger partial charge in [0, 0.05) is 24.0 Å². The van der Waals surface area contributed by atoms with E-state index < -0.39 is 0 Å². The highest BCUT2D eigenvalue weighted by Gasteiger charge is 2.07. The molecule has 0 aliphatic heterocycles. The molecule has 4 nitrogen and oxygen atoms in total. The third-order valence-electron chi connectivity index (χ3n) is 3.75. The highest BCUT2D eigenvalue weighted by molar-refractivity contribution is 6.32. The number of nitrogens with one attached hydrogen (secondary N) is 1. The van der Waals surface area contributed by atoms with Crippen LogP contribution in [-0.2, 0) is 6.54 Å². The van der Waals surface area contributed by atoms with Gasteiger partial charge in [-0.25, -0.2) is 0 Å². The summed E-state index contributed by atoms with van der Waals surface area (Å²) in [6, 6.07) is 3.71. The van der Waals surface area contributed by atoms with Gasteiger partial charge in [0.25, 0.3) is 0 Å². The van der Waals surface area contributed by atoms with Gasteiger partial charge in [-0.05, 0) is 44.0 Å². The molecule has 126 valence electrons. The number of halogens is 1. The molecule has 0 bridgehead atoms. The van der Waals surface area contributed by atoms with Crippen LogP contribution in [0.3, 0.4) is 0 Å². The number of aliphatic hydroxyl groups is 1. The summed E-state index contributed by atoms with van der Waals surface area (Å²) >= 11 is 6.32. The van der Waals surface area contributed by atoms with Gasteiger partial charge in [0.1, 0.15) is 5.76 Å². The van der Waals surface area contributed by atoms with E-state index in [1.165, 1.54) is 5.57 Å². The molecule has 0 saturated carbocycles. The van der Waals surface area contributed by atoms with Crippen molar-refractivity contribution < 1.29 is 5.11 Å². The Bertz CT molecular complexity index is 809. The Morgan fingerprint density at radius 2 is 1.88 bits per heavy atom. The number of benzene rings is 1. The molecule has 24 heavy (non-hydrogen) atoms. The molecule has 2 N–H and O–H groups in total. The standard InChI is InChI=1S/C19H22ClN3O/c1-4-13(3)6-7-19(24)16(5-2)23-12-14-10-17-18(11-15(14)20)22-9-8-21-17/h5-11,23-24H,4,12H2,1-3H3/b13-6+,16-5+,19-7+. The maximum atomic E-state index is 10.2. The Morgan fingerprint density at radius 1 is 1.21 bits per heavy atom. The van der Waals surface area contributed by atoms with Crippen LogP contribution in [0.1, 0.15) is 32.8 Å². The third kappa shape index (κ3) is 4.59. The molecule has 2 aromatic rings. The number of hydrogen-bond acceptors (Lipinski definition) is 4. The number of fused-ring (bicyclic) bond motifs is 1. The molecule has 0 spiro atoms. The zero-order chi connectivity index (χ0) is 17.5. The van der Waals surface area contributed by atoms with Crippen molar-refractivity contribution in [2.45, 2.75) is 33.7 Å². The van der Waals surface area contributed by atoms with Crippen LogP contribution in [-0.4, -0.2) is 15.1 Å². The monoisotopic (exact) mass is 343 g/mol. The van der Waals surface area contributed by atoms with Crippen LogP contribution >= 0.6 is 11.6 Å². The summed E-state index contributed by atoms with van der Waals surface area (Å²) in [4.78, 5) is 8.53. The molecule has 0 amide bonds. The van der Waals surface area contributed by atoms with Crippen molar-refractivity contribution in [3.05, 3.63) is 70.4 Å². The summed E-state index contributed by atoms with van der Waals surface area (Å²) in [5.74, 6) is 0.196. The molecule has 0 atom stereocenters. The van der Waals surface area contributed by atoms with Crippen molar-refractivity contribution in [1.29, 1.82) is 0 Å². The van der Waals surface area contributed by atoms with Crippen molar-refractivity contribution in [2.75, 3.05) is 0 Å². The van der Waals surface area contributed by atoms with Gasteiger partial charge in [-0.1, -0.05) is 36.2 Å². The summed E-state index contributed by atoms with van der Waals surface area (Å²) in [6.07, 6.45) is 9.70. The third-order valence-corrected chi connectivity index (χ3v) is 4.11. The minimum Gasteiger partial charge on any atom is -0.506 e. The first-order valence-corrected chi connectivity index (χ1v) is 8.29. The van der Waals surface area contributed by atoms with E-state index in [-0.39, 0.29) is 5.76 Å². The van der Waals surface area contributed by atoms with Gasteiger partial charge in [-0.3, -0.25) is 9.97 Å². The fourth-order valence-electron chi connectivity index (χ4n) is 2.12. The molecular formula is C19H22ClN3O. The van der Waals surface area contributed by atoms with Crippen LogP contribution in [0, 0.1) is 0 Å². The summed E-state index contributed by atoms with van der Waals surface area (Å²) in [5, 5.41) is 14.0. The second-order valence-electron chi connectivity index (χ2n) is 5.46. The summed E-state index contributed by atoms with van der Waals surface area (Å²) in [7, 11) is 0. The summed E-state index contributed by atoms with van der Waals surface area (Å²) < 4.78 is 0. The SMILES string of the molecule is C\C=C(NCc1cc2nccnc2cc1Cl)/C(O)=C\C=C(/C)CC. The smallest absolute Gasteiger partial charge is 0.138 e. The number of nitrogens with zero attached hydrogens (tertiary/aromatic N) is 2. The van der Waals surface area contributed by atoms with Crippen molar-refractivity contribution >= 4 is 22.6 Å². The van der Waals surface area contributed by atoms with Crippen molar-refractivity contribution in [3.8, 4) is 0 Å². The van der Waals surface area contributed by atoms with Gasteiger partial charge in [0.05, 0.1) is 16.7 Å². The van der Waals surface area contributed by atoms with Crippen LogP contribution in [0.5, 0.6) is 0 Å². The Morgan fingerprint density at radius 3 is 2.50 bits per heavy atom. The molecule has 0 aliphatic rings. The molecule has 2 rings (SSSR count). The zero-order valence-corrected chi connectivity index (χ0v) is 14.9. The summed E-state index contributed by atoms with van der Waals surface area (Å²) in [5.41, 5.74) is 4.32. The van der Waals surface area contributed by atoms with Crippen molar-refractivity contribution in [1.82, 2.24) is 15.3 Å². The Balaban J connectivity index is 2.15. The van der Waals surface area contributed by atoms with E-state index in [0.717, 1.165) is 23.0 Å². The lowest BCUT2D eigenvalue weighted by Gasteiger charge is -2.12. The number of aromatic nitrogens is 2. The van der Waals surface area contributed by atoms with Crippen LogP contribution in [0.15, 0.2) is 59.8 Å². The molecule has 0 unspecified atom stereocenters. The summed E-state index contributed by atoms with van der Waals surface area (Å²) in [6.45, 7) is 6.47. The van der Waals surface area contributed by atoms with E-state index >= 15 is 0 Å². The minimum atomic E-state index is 0.196. The van der Waals surface area contributed by atoms with E-state index in [4.69, 9.17) is 11.6 Å². The lowest BCUT2D eigenvalue weighted by Crippen LogP contribution is -2.15. The highest BCUT2D eigenvalue weighted by atomic mass is 35.5. The van der Waals surface area contributed by atoms with Gasteiger partial charge >= 0.3 is 0 Å². The van der Waals surface area contributed by atoms with E-state index in [9.17, 15) is 5.11 Å². The van der Waals surface area contributed by atoms with Gasteiger partial charge in [0.15, 0.2) is 0 Å². The normalized spacial score (nSPS) is 13.4. The predicted octanol–water partition coefficient (Wildman–Crippen LogP) is 5.07. The topological polar surface area (TPSA) is 58.0 Å². The second-order valence-corrected chi connectivity index (χ2v) is 5.87. The highest BCUT2D eigenvalue weighted by Crippen LogP contribution is 2.22. The van der Waals surface area contributed by atoms with Gasteiger partial charge < -0.3 is 10.4 Å². The zero-order valence-electron chi connectivity index (χ0n) is 14.2. The van der Waals surface area contributed by atoms with E-state index in [1.54, 1.807) is 24.5 Å². The number of hydrogen-bond donors (Lipinski definition) is 2. The molecule has 0 radical (unpaired) electrons. The van der Waals surface area contributed by atoms with Crippen LogP contribution in [0.25, 0.3) is 11.0 Å². The van der Waals surface area contributed by atoms with E-state index in [0.29, 0.717) is 17.3 Å². The Labute approximate surface area is 147 Å². The van der Waals surface area contributed by atoms with Crippen molar-refractivity contribution in [3.63, 3.8) is 0 Å². The largest absolute Gasteiger partial charge is 0.506 e. The van der Waals surface area contributed by atoms with Gasteiger partial charge in [-0.15, -0.1) is 0 Å². The average molecular weight is 344 g/mol. The lowest BCUT2D eigenvalue weighted by atomic mass is 10.1. The number of allylic oxidation sites excluding steroid dienone is 4. The molecule has 5 heteroatoms. The first kappa shape index (κ1) is 18.0. The molecule has 1 aromatic heterocycles. The second kappa shape index (κ2) is 8.50. The Kier molecular flexibility index (Phi) is 6.38.